The topological polar surface area (TPSA) is 9.23 Å². The van der Waals surface area contributed by atoms with Crippen molar-refractivity contribution in [2.75, 3.05) is 0 Å². The van der Waals surface area contributed by atoms with Crippen LogP contribution in [0.1, 0.15) is 59.8 Å². The highest BCUT2D eigenvalue weighted by atomic mass is 16.5. The van der Waals surface area contributed by atoms with Gasteiger partial charge in [0.1, 0.15) is 0 Å². The zero-order valence-corrected chi connectivity index (χ0v) is 10.3. The summed E-state index contributed by atoms with van der Waals surface area (Å²) in [5, 5.41) is 0. The van der Waals surface area contributed by atoms with Gasteiger partial charge in [-0.1, -0.05) is 34.1 Å². The van der Waals surface area contributed by atoms with Crippen molar-refractivity contribution in [1.82, 2.24) is 0 Å². The van der Waals surface area contributed by atoms with Crippen molar-refractivity contribution in [2.45, 2.75) is 72.0 Å². The van der Waals surface area contributed by atoms with Crippen LogP contribution in [0.4, 0.5) is 0 Å². The highest BCUT2D eigenvalue weighted by molar-refractivity contribution is 4.98. The van der Waals surface area contributed by atoms with Gasteiger partial charge in [0.25, 0.3) is 0 Å². The zero-order valence-electron chi connectivity index (χ0n) is 10.3. The lowest BCUT2D eigenvalue weighted by Crippen LogP contribution is -2.21. The van der Waals surface area contributed by atoms with Gasteiger partial charge in [-0.25, -0.2) is 0 Å². The summed E-state index contributed by atoms with van der Waals surface area (Å²) in [7, 11) is 0. The van der Waals surface area contributed by atoms with Crippen LogP contribution < -0.4 is 0 Å². The monoisotopic (exact) mass is 198 g/mol. The molecule has 1 saturated carbocycles. The summed E-state index contributed by atoms with van der Waals surface area (Å²) in [6, 6.07) is 0. The molecule has 0 aromatic carbocycles. The second-order valence-corrected chi connectivity index (χ2v) is 4.05. The summed E-state index contributed by atoms with van der Waals surface area (Å²) in [6.45, 7) is 8.00. The SMILES string of the molecule is C1CC2C3CCC(O3)C2C1.CC.CC. The second kappa shape index (κ2) is 5.75. The van der Waals surface area contributed by atoms with E-state index in [1.807, 2.05) is 27.7 Å². The third kappa shape index (κ3) is 1.98. The Hall–Kier alpha value is -0.0400. The van der Waals surface area contributed by atoms with E-state index >= 15 is 0 Å². The number of fused-ring (bicyclic) bond motifs is 5. The minimum atomic E-state index is 0.692. The van der Waals surface area contributed by atoms with E-state index in [1.54, 1.807) is 0 Å². The van der Waals surface area contributed by atoms with E-state index in [0.29, 0.717) is 12.2 Å². The van der Waals surface area contributed by atoms with E-state index in [-0.39, 0.29) is 0 Å². The summed E-state index contributed by atoms with van der Waals surface area (Å²) < 4.78 is 5.84. The number of hydrogen-bond donors (Lipinski definition) is 0. The summed E-state index contributed by atoms with van der Waals surface area (Å²) in [5.74, 6) is 1.97. The maximum Gasteiger partial charge on any atom is 0.0611 e. The Bertz CT molecular complexity index is 139. The Morgan fingerprint density at radius 3 is 1.57 bits per heavy atom. The Morgan fingerprint density at radius 1 is 0.714 bits per heavy atom. The fraction of sp³-hybridized carbons (Fsp3) is 1.00. The lowest BCUT2D eigenvalue weighted by molar-refractivity contribution is 0.0814. The van der Waals surface area contributed by atoms with Crippen molar-refractivity contribution < 1.29 is 4.74 Å². The zero-order chi connectivity index (χ0) is 10.6. The van der Waals surface area contributed by atoms with Crippen molar-refractivity contribution in [3.05, 3.63) is 0 Å². The molecule has 3 rings (SSSR count). The van der Waals surface area contributed by atoms with Gasteiger partial charge < -0.3 is 4.74 Å². The van der Waals surface area contributed by atoms with Crippen LogP contribution in [0, 0.1) is 11.8 Å². The van der Waals surface area contributed by atoms with Crippen LogP contribution in [0.25, 0.3) is 0 Å². The largest absolute Gasteiger partial charge is 0.374 e. The molecule has 2 aliphatic heterocycles. The molecular formula is C13H26O. The molecule has 0 aromatic rings. The van der Waals surface area contributed by atoms with Gasteiger partial charge in [0.2, 0.25) is 0 Å². The third-order valence-electron chi connectivity index (χ3n) is 3.67. The fourth-order valence-corrected chi connectivity index (χ4v) is 3.26. The smallest absolute Gasteiger partial charge is 0.0611 e. The van der Waals surface area contributed by atoms with E-state index in [2.05, 4.69) is 0 Å². The lowest BCUT2D eigenvalue weighted by atomic mass is 9.82. The Morgan fingerprint density at radius 2 is 1.14 bits per heavy atom. The van der Waals surface area contributed by atoms with Crippen molar-refractivity contribution in [2.24, 2.45) is 11.8 Å². The van der Waals surface area contributed by atoms with Gasteiger partial charge in [0, 0.05) is 0 Å². The molecule has 3 aliphatic rings. The average Bonchev–Trinajstić information content (AvgIpc) is 2.97. The third-order valence-corrected chi connectivity index (χ3v) is 3.67. The van der Waals surface area contributed by atoms with Crippen molar-refractivity contribution >= 4 is 0 Å². The first-order valence-corrected chi connectivity index (χ1v) is 6.60. The molecule has 2 heterocycles. The second-order valence-electron chi connectivity index (χ2n) is 4.05. The van der Waals surface area contributed by atoms with Gasteiger partial charge in [0.15, 0.2) is 0 Å². The molecule has 2 bridgehead atoms. The molecule has 1 nitrogen and oxygen atoms in total. The number of rotatable bonds is 0. The highest BCUT2D eigenvalue weighted by Gasteiger charge is 2.50. The van der Waals surface area contributed by atoms with Gasteiger partial charge >= 0.3 is 0 Å². The maximum atomic E-state index is 5.84. The fourth-order valence-electron chi connectivity index (χ4n) is 3.26. The predicted octanol–water partition coefficient (Wildman–Crippen LogP) is 4.02. The van der Waals surface area contributed by atoms with Crippen LogP contribution in [0.5, 0.6) is 0 Å². The maximum absolute atomic E-state index is 5.84. The van der Waals surface area contributed by atoms with Crippen LogP contribution in [-0.2, 0) is 4.74 Å². The molecule has 14 heavy (non-hydrogen) atoms. The van der Waals surface area contributed by atoms with Crippen LogP contribution >= 0.6 is 0 Å². The summed E-state index contributed by atoms with van der Waals surface area (Å²) >= 11 is 0. The summed E-state index contributed by atoms with van der Waals surface area (Å²) in [4.78, 5) is 0. The van der Waals surface area contributed by atoms with Crippen LogP contribution in [0.2, 0.25) is 0 Å². The molecule has 0 aromatic heterocycles. The molecule has 0 N–H and O–H groups in total. The van der Waals surface area contributed by atoms with Crippen LogP contribution in [-0.4, -0.2) is 12.2 Å². The molecule has 0 amide bonds. The number of hydrogen-bond acceptors (Lipinski definition) is 1. The molecule has 0 spiro atoms. The normalized spacial score (nSPS) is 42.0. The average molecular weight is 198 g/mol. The Balaban J connectivity index is 0.000000222. The van der Waals surface area contributed by atoms with Gasteiger partial charge in [-0.15, -0.1) is 0 Å². The molecule has 0 radical (unpaired) electrons. The van der Waals surface area contributed by atoms with E-state index in [0.717, 1.165) is 11.8 Å². The molecule has 1 aliphatic carbocycles. The summed E-state index contributed by atoms with van der Waals surface area (Å²) in [6.07, 6.45) is 8.52. The molecule has 2 saturated heterocycles. The van der Waals surface area contributed by atoms with E-state index in [9.17, 15) is 0 Å². The van der Waals surface area contributed by atoms with Crippen molar-refractivity contribution in [1.29, 1.82) is 0 Å². The Kier molecular flexibility index (Phi) is 4.94. The molecule has 84 valence electrons. The molecular weight excluding hydrogens is 172 g/mol. The predicted molar refractivity (Wildman–Crippen MR) is 61.4 cm³/mol. The van der Waals surface area contributed by atoms with Gasteiger partial charge in [-0.3, -0.25) is 0 Å². The minimum Gasteiger partial charge on any atom is -0.374 e. The minimum absolute atomic E-state index is 0.692. The molecule has 4 atom stereocenters. The summed E-state index contributed by atoms with van der Waals surface area (Å²) in [5.41, 5.74) is 0. The van der Waals surface area contributed by atoms with Crippen LogP contribution in [0.15, 0.2) is 0 Å². The molecule has 3 fully saturated rings. The van der Waals surface area contributed by atoms with Gasteiger partial charge in [0.05, 0.1) is 12.2 Å². The quantitative estimate of drug-likeness (QED) is 0.571. The van der Waals surface area contributed by atoms with E-state index in [1.165, 1.54) is 32.1 Å². The van der Waals surface area contributed by atoms with Crippen molar-refractivity contribution in [3.8, 4) is 0 Å². The first kappa shape index (κ1) is 12.0. The molecule has 4 unspecified atom stereocenters. The van der Waals surface area contributed by atoms with Crippen LogP contribution in [0.3, 0.4) is 0 Å². The first-order chi connectivity index (χ1) is 6.95. The van der Waals surface area contributed by atoms with E-state index in [4.69, 9.17) is 4.74 Å². The van der Waals surface area contributed by atoms with Gasteiger partial charge in [-0.05, 0) is 37.5 Å². The Labute approximate surface area is 89.2 Å². The lowest BCUT2D eigenvalue weighted by Gasteiger charge is -2.19. The van der Waals surface area contributed by atoms with Gasteiger partial charge in [-0.2, -0.15) is 0 Å². The highest BCUT2D eigenvalue weighted by Crippen LogP contribution is 2.51. The number of ether oxygens (including phenoxy) is 1. The molecule has 1 heteroatoms. The first-order valence-electron chi connectivity index (χ1n) is 6.60. The standard InChI is InChI=1S/C9H14O.2C2H6/c1-2-6-7(3-1)9-5-4-8(6)10-9;2*1-2/h6-9H,1-5H2;2*1-2H3. The van der Waals surface area contributed by atoms with E-state index < -0.39 is 0 Å². The van der Waals surface area contributed by atoms with Crippen molar-refractivity contribution in [3.63, 3.8) is 0 Å².